The van der Waals surface area contributed by atoms with Gasteiger partial charge in [-0.1, -0.05) is 43.6 Å². The van der Waals surface area contributed by atoms with E-state index < -0.39 is 0 Å². The maximum Gasteiger partial charge on any atom is 0.105 e. The summed E-state index contributed by atoms with van der Waals surface area (Å²) in [4.78, 5) is 0.345. The topological polar surface area (TPSA) is 38.0 Å². The van der Waals surface area contributed by atoms with Crippen molar-refractivity contribution in [3.05, 3.63) is 28.8 Å². The second-order valence-corrected chi connectivity index (χ2v) is 6.42. The Labute approximate surface area is 125 Å². The van der Waals surface area contributed by atoms with Crippen LogP contribution in [0.15, 0.2) is 18.2 Å². The number of hydrogen-bond acceptors (Lipinski definition) is 2. The summed E-state index contributed by atoms with van der Waals surface area (Å²) in [5, 5.41) is 4.09. The Morgan fingerprint density at radius 1 is 1.47 bits per heavy atom. The van der Waals surface area contributed by atoms with Gasteiger partial charge in [-0.15, -0.1) is 0 Å². The zero-order chi connectivity index (χ0) is 13.8. The van der Waals surface area contributed by atoms with Gasteiger partial charge in [-0.25, -0.2) is 0 Å². The summed E-state index contributed by atoms with van der Waals surface area (Å²) in [5.74, 6) is 1.64. The van der Waals surface area contributed by atoms with E-state index in [0.29, 0.717) is 10.0 Å². The monoisotopic (exact) mass is 296 g/mol. The van der Waals surface area contributed by atoms with Crippen molar-refractivity contribution in [1.29, 1.82) is 0 Å². The molecule has 0 bridgehead atoms. The molecule has 19 heavy (non-hydrogen) atoms. The quantitative estimate of drug-likeness (QED) is 0.817. The molecular weight excluding hydrogens is 276 g/mol. The predicted molar refractivity (Wildman–Crippen MR) is 87.0 cm³/mol. The predicted octanol–water partition coefficient (Wildman–Crippen LogP) is 4.21. The van der Waals surface area contributed by atoms with Crippen LogP contribution in [-0.4, -0.2) is 11.5 Å². The molecule has 2 nitrogen and oxygen atoms in total. The van der Waals surface area contributed by atoms with E-state index in [4.69, 9.17) is 29.6 Å². The molecule has 104 valence electrons. The standard InChI is InChI=1S/C15H21ClN2S/c1-10-3-2-4-11(7-10)9-18-12-5-6-13(15(17)19)14(16)8-12/h5-6,8,10-11,18H,2-4,7,9H2,1H3,(H2,17,19). The van der Waals surface area contributed by atoms with Gasteiger partial charge in [-0.3, -0.25) is 0 Å². The summed E-state index contributed by atoms with van der Waals surface area (Å²) in [6.07, 6.45) is 5.39. The van der Waals surface area contributed by atoms with E-state index in [1.54, 1.807) is 0 Å². The van der Waals surface area contributed by atoms with Crippen LogP contribution in [0.3, 0.4) is 0 Å². The SMILES string of the molecule is CC1CCCC(CNc2ccc(C(N)=S)c(Cl)c2)C1. The number of rotatable bonds is 4. The molecule has 1 fully saturated rings. The van der Waals surface area contributed by atoms with Gasteiger partial charge in [0.2, 0.25) is 0 Å². The van der Waals surface area contributed by atoms with Crippen molar-refractivity contribution in [1.82, 2.24) is 0 Å². The van der Waals surface area contributed by atoms with E-state index in [1.807, 2.05) is 18.2 Å². The molecule has 0 saturated heterocycles. The molecule has 1 aromatic rings. The van der Waals surface area contributed by atoms with Crippen molar-refractivity contribution in [3.8, 4) is 0 Å². The third-order valence-electron chi connectivity index (χ3n) is 3.87. The highest BCUT2D eigenvalue weighted by Gasteiger charge is 2.18. The van der Waals surface area contributed by atoms with Gasteiger partial charge in [0.15, 0.2) is 0 Å². The van der Waals surface area contributed by atoms with Gasteiger partial charge in [0.25, 0.3) is 0 Å². The fraction of sp³-hybridized carbons (Fsp3) is 0.533. The highest BCUT2D eigenvalue weighted by atomic mass is 35.5. The zero-order valence-electron chi connectivity index (χ0n) is 11.3. The Hall–Kier alpha value is -0.800. The van der Waals surface area contributed by atoms with Crippen molar-refractivity contribution in [2.75, 3.05) is 11.9 Å². The molecule has 0 amide bonds. The van der Waals surface area contributed by atoms with Crippen molar-refractivity contribution in [3.63, 3.8) is 0 Å². The molecule has 0 spiro atoms. The minimum atomic E-state index is 0.345. The fourth-order valence-corrected chi connectivity index (χ4v) is 3.35. The zero-order valence-corrected chi connectivity index (χ0v) is 12.9. The largest absolute Gasteiger partial charge is 0.389 e. The van der Waals surface area contributed by atoms with Crippen LogP contribution in [0.4, 0.5) is 5.69 Å². The van der Waals surface area contributed by atoms with Crippen molar-refractivity contribution in [2.24, 2.45) is 17.6 Å². The average molecular weight is 297 g/mol. The molecule has 2 unspecified atom stereocenters. The Bertz CT molecular complexity index is 461. The van der Waals surface area contributed by atoms with Crippen molar-refractivity contribution < 1.29 is 0 Å². The van der Waals surface area contributed by atoms with Crippen molar-refractivity contribution in [2.45, 2.75) is 32.6 Å². The maximum atomic E-state index is 6.16. The number of thiocarbonyl (C=S) groups is 1. The van der Waals surface area contributed by atoms with E-state index in [9.17, 15) is 0 Å². The lowest BCUT2D eigenvalue weighted by atomic mass is 9.82. The number of halogens is 1. The first-order valence-electron chi connectivity index (χ1n) is 6.89. The number of nitrogens with one attached hydrogen (secondary N) is 1. The van der Waals surface area contributed by atoms with Crippen LogP contribution in [-0.2, 0) is 0 Å². The van der Waals surface area contributed by atoms with Gasteiger partial charge in [-0.2, -0.15) is 0 Å². The van der Waals surface area contributed by atoms with Gasteiger partial charge in [0.05, 0.1) is 5.02 Å². The van der Waals surface area contributed by atoms with Gasteiger partial charge in [0.1, 0.15) is 4.99 Å². The lowest BCUT2D eigenvalue weighted by molar-refractivity contribution is 0.293. The third-order valence-corrected chi connectivity index (χ3v) is 4.41. The molecular formula is C15H21ClN2S. The summed E-state index contributed by atoms with van der Waals surface area (Å²) in [6.45, 7) is 3.37. The van der Waals surface area contributed by atoms with Gasteiger partial charge in [0, 0.05) is 17.8 Å². The smallest absolute Gasteiger partial charge is 0.105 e. The van der Waals surface area contributed by atoms with Crippen LogP contribution in [0.2, 0.25) is 5.02 Å². The molecule has 1 aliphatic carbocycles. The Morgan fingerprint density at radius 3 is 2.89 bits per heavy atom. The Balaban J connectivity index is 1.92. The van der Waals surface area contributed by atoms with Gasteiger partial charge in [-0.05, 0) is 42.9 Å². The second-order valence-electron chi connectivity index (χ2n) is 5.58. The molecule has 1 saturated carbocycles. The molecule has 4 heteroatoms. The molecule has 0 heterocycles. The Morgan fingerprint density at radius 2 is 2.26 bits per heavy atom. The van der Waals surface area contributed by atoms with E-state index in [0.717, 1.165) is 29.6 Å². The highest BCUT2D eigenvalue weighted by Crippen LogP contribution is 2.29. The first kappa shape index (κ1) is 14.6. The maximum absolute atomic E-state index is 6.16. The van der Waals surface area contributed by atoms with E-state index in [-0.39, 0.29) is 0 Å². The van der Waals surface area contributed by atoms with E-state index in [1.165, 1.54) is 25.7 Å². The molecule has 1 aromatic carbocycles. The molecule has 2 atom stereocenters. The summed E-state index contributed by atoms with van der Waals surface area (Å²) in [7, 11) is 0. The summed E-state index contributed by atoms with van der Waals surface area (Å²) < 4.78 is 0. The van der Waals surface area contributed by atoms with Crippen LogP contribution in [0, 0.1) is 11.8 Å². The van der Waals surface area contributed by atoms with E-state index in [2.05, 4.69) is 12.2 Å². The molecule has 0 radical (unpaired) electrons. The first-order chi connectivity index (χ1) is 9.06. The Kier molecular flexibility index (Phi) is 5.06. The van der Waals surface area contributed by atoms with Crippen LogP contribution in [0.5, 0.6) is 0 Å². The second kappa shape index (κ2) is 6.58. The van der Waals surface area contributed by atoms with Gasteiger partial charge < -0.3 is 11.1 Å². The minimum absolute atomic E-state index is 0.345. The summed E-state index contributed by atoms with van der Waals surface area (Å²) >= 11 is 11.1. The molecule has 0 aliphatic heterocycles. The molecule has 0 aromatic heterocycles. The molecule has 2 rings (SSSR count). The fourth-order valence-electron chi connectivity index (χ4n) is 2.83. The normalized spacial score (nSPS) is 23.1. The van der Waals surface area contributed by atoms with Crippen LogP contribution < -0.4 is 11.1 Å². The van der Waals surface area contributed by atoms with Crippen LogP contribution in [0.1, 0.15) is 38.2 Å². The van der Waals surface area contributed by atoms with Gasteiger partial charge >= 0.3 is 0 Å². The molecule has 3 N–H and O–H groups in total. The average Bonchev–Trinajstić information content (AvgIpc) is 2.36. The highest BCUT2D eigenvalue weighted by molar-refractivity contribution is 7.80. The van der Waals surface area contributed by atoms with E-state index >= 15 is 0 Å². The van der Waals surface area contributed by atoms with Crippen LogP contribution in [0.25, 0.3) is 0 Å². The number of nitrogens with two attached hydrogens (primary N) is 1. The third kappa shape index (κ3) is 4.08. The molecule has 1 aliphatic rings. The number of anilines is 1. The number of benzene rings is 1. The summed E-state index contributed by atoms with van der Waals surface area (Å²) in [5.41, 5.74) is 7.39. The number of hydrogen-bond donors (Lipinski definition) is 2. The van der Waals surface area contributed by atoms with Crippen molar-refractivity contribution >= 4 is 34.5 Å². The minimum Gasteiger partial charge on any atom is -0.389 e. The summed E-state index contributed by atoms with van der Waals surface area (Å²) in [6, 6.07) is 5.78. The first-order valence-corrected chi connectivity index (χ1v) is 7.68. The van der Waals surface area contributed by atoms with Crippen LogP contribution >= 0.6 is 23.8 Å². The lowest BCUT2D eigenvalue weighted by Crippen LogP contribution is -2.21. The lowest BCUT2D eigenvalue weighted by Gasteiger charge is -2.27.